The molecule has 0 aliphatic heterocycles. The van der Waals surface area contributed by atoms with Crippen LogP contribution in [0.25, 0.3) is 17.0 Å². The molecule has 0 atom stereocenters. The van der Waals surface area contributed by atoms with Gasteiger partial charge in [-0.2, -0.15) is 0 Å². The van der Waals surface area contributed by atoms with Crippen molar-refractivity contribution in [3.05, 3.63) is 65.0 Å². The molecule has 3 nitrogen and oxygen atoms in total. The van der Waals surface area contributed by atoms with Crippen LogP contribution < -0.4 is 9.47 Å². The van der Waals surface area contributed by atoms with Crippen molar-refractivity contribution in [1.29, 1.82) is 0 Å². The van der Waals surface area contributed by atoms with E-state index < -0.39 is 0 Å². The lowest BCUT2D eigenvalue weighted by Crippen LogP contribution is -1.88. The van der Waals surface area contributed by atoms with Gasteiger partial charge in [-0.1, -0.05) is 36.4 Å². The smallest absolute Gasteiger partial charge is 0.187 e. The summed E-state index contributed by atoms with van der Waals surface area (Å²) in [7, 11) is 3.26. The van der Waals surface area contributed by atoms with Crippen LogP contribution in [0.1, 0.15) is 11.1 Å². The zero-order valence-electron chi connectivity index (χ0n) is 11.5. The molecule has 0 aliphatic rings. The Balaban J connectivity index is 2.23. The summed E-state index contributed by atoms with van der Waals surface area (Å²) in [6.45, 7) is 6.92. The van der Waals surface area contributed by atoms with Gasteiger partial charge in [0.2, 0.25) is 0 Å². The first-order valence-corrected chi connectivity index (χ1v) is 6.14. The van der Waals surface area contributed by atoms with Crippen molar-refractivity contribution in [1.82, 2.24) is 0 Å². The van der Waals surface area contributed by atoms with E-state index in [1.54, 1.807) is 26.4 Å². The van der Waals surface area contributed by atoms with Gasteiger partial charge in [0, 0.05) is 6.07 Å². The molecule has 0 heterocycles. The van der Waals surface area contributed by atoms with E-state index in [9.17, 15) is 0 Å². The summed E-state index contributed by atoms with van der Waals surface area (Å²) >= 11 is 0. The van der Waals surface area contributed by atoms with Gasteiger partial charge in [-0.15, -0.1) is 0 Å². The molecule has 2 aromatic carbocycles. The molecule has 20 heavy (non-hydrogen) atoms. The van der Waals surface area contributed by atoms with Gasteiger partial charge >= 0.3 is 0 Å². The van der Waals surface area contributed by atoms with Gasteiger partial charge in [0.1, 0.15) is 11.5 Å². The quantitative estimate of drug-likeness (QED) is 0.603. The van der Waals surface area contributed by atoms with Gasteiger partial charge in [0.05, 0.1) is 20.8 Å². The highest BCUT2D eigenvalue weighted by atomic mass is 16.5. The number of hydrogen-bond acceptors (Lipinski definition) is 2. The third-order valence-corrected chi connectivity index (χ3v) is 2.86. The van der Waals surface area contributed by atoms with E-state index >= 15 is 0 Å². The van der Waals surface area contributed by atoms with E-state index in [2.05, 4.69) is 4.85 Å². The summed E-state index contributed by atoms with van der Waals surface area (Å²) in [5, 5.41) is 0. The van der Waals surface area contributed by atoms with Crippen LogP contribution in [0.3, 0.4) is 0 Å². The molecule has 2 rings (SSSR count). The normalized spacial score (nSPS) is 10.2. The third-order valence-electron chi connectivity index (χ3n) is 2.86. The Morgan fingerprint density at radius 2 is 1.40 bits per heavy atom. The molecule has 0 saturated heterocycles. The lowest BCUT2D eigenvalue weighted by molar-refractivity contribution is 0.394. The van der Waals surface area contributed by atoms with Crippen molar-refractivity contribution in [3.8, 4) is 11.5 Å². The fourth-order valence-corrected chi connectivity index (χ4v) is 1.78. The number of hydrogen-bond donors (Lipinski definition) is 0. The first-order chi connectivity index (χ1) is 9.75. The van der Waals surface area contributed by atoms with Gasteiger partial charge in [0.25, 0.3) is 0 Å². The molecule has 0 radical (unpaired) electrons. The standard InChI is InChI=1S/C17H15NO2/c1-18-15-8-6-13(7-9-15)4-5-14-10-16(19-2)12-17(11-14)20-3/h4-12H,2-3H3/b5-4+. The van der Waals surface area contributed by atoms with E-state index in [0.29, 0.717) is 5.69 Å². The summed E-state index contributed by atoms with van der Waals surface area (Å²) in [4.78, 5) is 3.37. The maximum absolute atomic E-state index is 6.92. The van der Waals surface area contributed by atoms with Crippen molar-refractivity contribution >= 4 is 17.8 Å². The molecule has 0 aliphatic carbocycles. The van der Waals surface area contributed by atoms with Crippen LogP contribution in [-0.4, -0.2) is 14.2 Å². The van der Waals surface area contributed by atoms with Crippen LogP contribution in [0, 0.1) is 6.57 Å². The minimum absolute atomic E-state index is 0.644. The molecule has 3 heteroatoms. The maximum atomic E-state index is 6.92. The monoisotopic (exact) mass is 265 g/mol. The second-order valence-electron chi connectivity index (χ2n) is 4.18. The van der Waals surface area contributed by atoms with Crippen LogP contribution in [0.15, 0.2) is 42.5 Å². The number of benzene rings is 2. The van der Waals surface area contributed by atoms with Crippen molar-refractivity contribution in [2.75, 3.05) is 14.2 Å². The van der Waals surface area contributed by atoms with Gasteiger partial charge in [-0.05, 0) is 23.3 Å². The average molecular weight is 265 g/mol. The molecule has 0 bridgehead atoms. The van der Waals surface area contributed by atoms with Crippen molar-refractivity contribution in [2.24, 2.45) is 0 Å². The summed E-state index contributed by atoms with van der Waals surface area (Å²) in [6, 6.07) is 13.2. The average Bonchev–Trinajstić information content (AvgIpc) is 2.53. The van der Waals surface area contributed by atoms with Crippen LogP contribution in [0.4, 0.5) is 5.69 Å². The van der Waals surface area contributed by atoms with Crippen molar-refractivity contribution < 1.29 is 9.47 Å². The Hall–Kier alpha value is -2.73. The Morgan fingerprint density at radius 1 is 0.850 bits per heavy atom. The minimum atomic E-state index is 0.644. The Bertz CT molecular complexity index is 629. The predicted molar refractivity (Wildman–Crippen MR) is 81.2 cm³/mol. The Labute approximate surface area is 118 Å². The third kappa shape index (κ3) is 3.39. The van der Waals surface area contributed by atoms with E-state index in [4.69, 9.17) is 16.0 Å². The highest BCUT2D eigenvalue weighted by Crippen LogP contribution is 2.24. The number of rotatable bonds is 4. The molecular weight excluding hydrogens is 250 g/mol. The molecule has 0 aromatic heterocycles. The zero-order chi connectivity index (χ0) is 14.4. The SMILES string of the molecule is [C-]#[N+]c1ccc(/C=C/c2cc(OC)cc(OC)c2)cc1. The molecule has 0 saturated carbocycles. The van der Waals surface area contributed by atoms with Crippen molar-refractivity contribution in [2.45, 2.75) is 0 Å². The molecular formula is C17H15NO2. The largest absolute Gasteiger partial charge is 0.497 e. The summed E-state index contributed by atoms with van der Waals surface area (Å²) in [6.07, 6.45) is 3.97. The van der Waals surface area contributed by atoms with Gasteiger partial charge in [-0.25, -0.2) is 4.85 Å². The maximum Gasteiger partial charge on any atom is 0.187 e. The molecule has 2 aromatic rings. The topological polar surface area (TPSA) is 22.8 Å². The highest BCUT2D eigenvalue weighted by Gasteiger charge is 1.99. The van der Waals surface area contributed by atoms with Crippen molar-refractivity contribution in [3.63, 3.8) is 0 Å². The van der Waals surface area contributed by atoms with E-state index in [-0.39, 0.29) is 0 Å². The lowest BCUT2D eigenvalue weighted by atomic mass is 10.1. The number of ether oxygens (including phenoxy) is 2. The molecule has 100 valence electrons. The van der Waals surface area contributed by atoms with Crippen LogP contribution in [-0.2, 0) is 0 Å². The molecule has 0 fully saturated rings. The second kappa shape index (κ2) is 6.44. The molecule has 0 N–H and O–H groups in total. The molecule has 0 unspecified atom stereocenters. The first kappa shape index (κ1) is 13.7. The van der Waals surface area contributed by atoms with E-state index in [0.717, 1.165) is 22.6 Å². The fourth-order valence-electron chi connectivity index (χ4n) is 1.78. The summed E-state index contributed by atoms with van der Waals surface area (Å²) < 4.78 is 10.5. The first-order valence-electron chi connectivity index (χ1n) is 6.14. The molecule has 0 amide bonds. The summed E-state index contributed by atoms with van der Waals surface area (Å²) in [5.74, 6) is 1.51. The van der Waals surface area contributed by atoms with E-state index in [1.807, 2.05) is 42.5 Å². The van der Waals surface area contributed by atoms with Crippen LogP contribution in [0.5, 0.6) is 11.5 Å². The van der Waals surface area contributed by atoms with Gasteiger partial charge in [-0.3, -0.25) is 0 Å². The highest BCUT2D eigenvalue weighted by molar-refractivity contribution is 5.71. The fraction of sp³-hybridized carbons (Fsp3) is 0.118. The minimum Gasteiger partial charge on any atom is -0.497 e. The Morgan fingerprint density at radius 3 is 1.90 bits per heavy atom. The van der Waals surface area contributed by atoms with Gasteiger partial charge in [0.15, 0.2) is 5.69 Å². The lowest BCUT2D eigenvalue weighted by Gasteiger charge is -2.05. The Kier molecular flexibility index (Phi) is 4.41. The molecule has 0 spiro atoms. The van der Waals surface area contributed by atoms with Crippen LogP contribution >= 0.6 is 0 Å². The van der Waals surface area contributed by atoms with Gasteiger partial charge < -0.3 is 9.47 Å². The van der Waals surface area contributed by atoms with Crippen LogP contribution in [0.2, 0.25) is 0 Å². The number of nitrogens with zero attached hydrogens (tertiary/aromatic N) is 1. The predicted octanol–water partition coefficient (Wildman–Crippen LogP) is 4.42. The zero-order valence-corrected chi connectivity index (χ0v) is 11.5. The van der Waals surface area contributed by atoms with E-state index in [1.165, 1.54) is 0 Å². The summed E-state index contributed by atoms with van der Waals surface area (Å²) in [5.41, 5.74) is 2.68. The number of methoxy groups -OCH3 is 2. The second-order valence-corrected chi connectivity index (χ2v) is 4.18.